The van der Waals surface area contributed by atoms with E-state index in [9.17, 15) is 5.11 Å². The Kier molecular flexibility index (Phi) is 8.31. The summed E-state index contributed by atoms with van der Waals surface area (Å²) in [4.78, 5) is 0. The largest absolute Gasteiger partial charge is 0.390 e. The van der Waals surface area contributed by atoms with E-state index in [1.165, 1.54) is 25.7 Å². The van der Waals surface area contributed by atoms with Gasteiger partial charge in [-0.25, -0.2) is 0 Å². The highest BCUT2D eigenvalue weighted by Crippen LogP contribution is 2.32. The molecule has 1 fully saturated rings. The highest BCUT2D eigenvalue weighted by Gasteiger charge is 2.20. The van der Waals surface area contributed by atoms with Crippen molar-refractivity contribution in [1.29, 1.82) is 0 Å². The lowest BCUT2D eigenvalue weighted by molar-refractivity contribution is -0.0257. The van der Waals surface area contributed by atoms with Gasteiger partial charge in [-0.1, -0.05) is 19.8 Å². The molecular formula is C14H28O3S. The number of aliphatic hydroxyl groups excluding tert-OH is 1. The second-order valence-electron chi connectivity index (χ2n) is 5.48. The van der Waals surface area contributed by atoms with Gasteiger partial charge >= 0.3 is 0 Å². The van der Waals surface area contributed by atoms with Crippen LogP contribution in [-0.2, 0) is 9.47 Å². The van der Waals surface area contributed by atoms with Crippen molar-refractivity contribution in [3.8, 4) is 0 Å². The van der Waals surface area contributed by atoms with Crippen molar-refractivity contribution in [3.63, 3.8) is 0 Å². The van der Waals surface area contributed by atoms with Crippen LogP contribution < -0.4 is 0 Å². The number of hydrogen-bond donors (Lipinski definition) is 1. The van der Waals surface area contributed by atoms with Crippen molar-refractivity contribution >= 4 is 11.8 Å². The van der Waals surface area contributed by atoms with E-state index in [0.29, 0.717) is 13.2 Å². The maximum atomic E-state index is 9.88. The first-order valence-corrected chi connectivity index (χ1v) is 8.07. The molecule has 0 aromatic rings. The van der Waals surface area contributed by atoms with E-state index in [1.54, 1.807) is 7.11 Å². The van der Waals surface area contributed by atoms with E-state index in [2.05, 4.69) is 6.92 Å². The molecule has 0 amide bonds. The zero-order valence-corrected chi connectivity index (χ0v) is 12.7. The summed E-state index contributed by atoms with van der Waals surface area (Å²) in [7, 11) is 1.66. The smallest absolute Gasteiger partial charge is 0.0864 e. The molecule has 3 nitrogen and oxygen atoms in total. The number of thioether (sulfide) groups is 1. The first-order chi connectivity index (χ1) is 8.61. The van der Waals surface area contributed by atoms with Gasteiger partial charge in [-0.3, -0.25) is 0 Å². The van der Waals surface area contributed by atoms with Crippen LogP contribution >= 0.6 is 11.8 Å². The van der Waals surface area contributed by atoms with Gasteiger partial charge in [0.2, 0.25) is 0 Å². The maximum absolute atomic E-state index is 9.88. The SMILES string of the molecule is COCC(C)OCC(O)CSC1CCCC(C)C1. The average molecular weight is 276 g/mol. The Morgan fingerprint density at radius 1 is 1.33 bits per heavy atom. The summed E-state index contributed by atoms with van der Waals surface area (Å²) in [5, 5.41) is 10.6. The van der Waals surface area contributed by atoms with Crippen LogP contribution in [0.5, 0.6) is 0 Å². The van der Waals surface area contributed by atoms with Gasteiger partial charge < -0.3 is 14.6 Å². The van der Waals surface area contributed by atoms with Gasteiger partial charge in [-0.15, -0.1) is 0 Å². The number of rotatable bonds is 8. The average Bonchev–Trinajstić information content (AvgIpc) is 2.34. The molecular weight excluding hydrogens is 248 g/mol. The van der Waals surface area contributed by atoms with Crippen LogP contribution in [0.2, 0.25) is 0 Å². The van der Waals surface area contributed by atoms with Crippen LogP contribution in [0.3, 0.4) is 0 Å². The lowest BCUT2D eigenvalue weighted by Crippen LogP contribution is -2.26. The van der Waals surface area contributed by atoms with Crippen molar-refractivity contribution in [2.75, 3.05) is 26.1 Å². The van der Waals surface area contributed by atoms with Crippen LogP contribution in [0.25, 0.3) is 0 Å². The van der Waals surface area contributed by atoms with Crippen molar-refractivity contribution in [2.45, 2.75) is 57.0 Å². The Balaban J connectivity index is 2.07. The van der Waals surface area contributed by atoms with E-state index in [0.717, 1.165) is 16.9 Å². The maximum Gasteiger partial charge on any atom is 0.0864 e. The summed E-state index contributed by atoms with van der Waals surface area (Å²) in [6.07, 6.45) is 5.03. The first kappa shape index (κ1) is 16.3. The fourth-order valence-corrected chi connectivity index (χ4v) is 3.77. The molecule has 1 N–H and O–H groups in total. The van der Waals surface area contributed by atoms with Crippen LogP contribution in [0.4, 0.5) is 0 Å². The molecule has 0 heterocycles. The molecule has 1 saturated carbocycles. The van der Waals surface area contributed by atoms with Crippen molar-refractivity contribution in [2.24, 2.45) is 5.92 Å². The molecule has 4 heteroatoms. The molecule has 4 atom stereocenters. The summed E-state index contributed by atoms with van der Waals surface area (Å²) in [6.45, 7) is 5.30. The first-order valence-electron chi connectivity index (χ1n) is 7.02. The summed E-state index contributed by atoms with van der Waals surface area (Å²) in [5.74, 6) is 1.64. The molecule has 0 saturated heterocycles. The molecule has 0 spiro atoms. The molecule has 18 heavy (non-hydrogen) atoms. The predicted octanol–water partition coefficient (Wildman–Crippen LogP) is 2.71. The second kappa shape index (κ2) is 9.18. The Morgan fingerprint density at radius 2 is 2.11 bits per heavy atom. The standard InChI is InChI=1S/C14H28O3S/c1-11-5-4-6-14(7-11)18-10-13(15)9-17-12(2)8-16-3/h11-15H,4-10H2,1-3H3. The van der Waals surface area contributed by atoms with Gasteiger partial charge in [-0.2, -0.15) is 11.8 Å². The zero-order valence-electron chi connectivity index (χ0n) is 11.9. The normalized spacial score (nSPS) is 28.0. The minimum atomic E-state index is -0.355. The third-order valence-corrected chi connectivity index (χ3v) is 4.86. The topological polar surface area (TPSA) is 38.7 Å². The van der Waals surface area contributed by atoms with E-state index >= 15 is 0 Å². The van der Waals surface area contributed by atoms with Gasteiger partial charge in [0.05, 0.1) is 25.4 Å². The third-order valence-electron chi connectivity index (χ3n) is 3.39. The molecule has 1 rings (SSSR count). The summed E-state index contributed by atoms with van der Waals surface area (Å²) < 4.78 is 10.5. The minimum absolute atomic E-state index is 0.0596. The highest BCUT2D eigenvalue weighted by molar-refractivity contribution is 7.99. The molecule has 0 bridgehead atoms. The lowest BCUT2D eigenvalue weighted by Gasteiger charge is -2.27. The Hall–Kier alpha value is 0.230. The molecule has 1 aliphatic carbocycles. The number of aliphatic hydroxyl groups is 1. The van der Waals surface area contributed by atoms with Gasteiger partial charge in [0.1, 0.15) is 0 Å². The van der Waals surface area contributed by atoms with Gasteiger partial charge in [0.15, 0.2) is 0 Å². The quantitative estimate of drug-likeness (QED) is 0.740. The molecule has 0 radical (unpaired) electrons. The predicted molar refractivity (Wildman–Crippen MR) is 77.2 cm³/mol. The summed E-state index contributed by atoms with van der Waals surface area (Å²) in [6, 6.07) is 0. The molecule has 0 aromatic carbocycles. The molecule has 0 aliphatic heterocycles. The number of methoxy groups -OCH3 is 1. The number of ether oxygens (including phenoxy) is 2. The Bertz CT molecular complexity index is 213. The van der Waals surface area contributed by atoms with Crippen molar-refractivity contribution in [1.82, 2.24) is 0 Å². The Labute approximate surface area is 116 Å². The highest BCUT2D eigenvalue weighted by atomic mass is 32.2. The van der Waals surface area contributed by atoms with Crippen LogP contribution in [0.15, 0.2) is 0 Å². The van der Waals surface area contributed by atoms with E-state index in [4.69, 9.17) is 9.47 Å². The van der Waals surface area contributed by atoms with Crippen molar-refractivity contribution in [3.05, 3.63) is 0 Å². The molecule has 0 aromatic heterocycles. The van der Waals surface area contributed by atoms with Crippen LogP contribution in [-0.4, -0.2) is 48.6 Å². The van der Waals surface area contributed by atoms with Crippen LogP contribution in [0, 0.1) is 5.92 Å². The van der Waals surface area contributed by atoms with E-state index in [-0.39, 0.29) is 12.2 Å². The molecule has 4 unspecified atom stereocenters. The second-order valence-corrected chi connectivity index (χ2v) is 6.81. The monoisotopic (exact) mass is 276 g/mol. The van der Waals surface area contributed by atoms with Gasteiger partial charge in [0, 0.05) is 18.1 Å². The fourth-order valence-electron chi connectivity index (χ4n) is 2.38. The fraction of sp³-hybridized carbons (Fsp3) is 1.00. The summed E-state index contributed by atoms with van der Waals surface area (Å²) >= 11 is 1.91. The van der Waals surface area contributed by atoms with E-state index < -0.39 is 0 Å². The lowest BCUT2D eigenvalue weighted by atomic mass is 9.91. The van der Waals surface area contributed by atoms with Gasteiger partial charge in [0.25, 0.3) is 0 Å². The molecule has 1 aliphatic rings. The number of hydrogen-bond acceptors (Lipinski definition) is 4. The zero-order chi connectivity index (χ0) is 13.4. The van der Waals surface area contributed by atoms with Crippen LogP contribution in [0.1, 0.15) is 39.5 Å². The van der Waals surface area contributed by atoms with E-state index in [1.807, 2.05) is 18.7 Å². The van der Waals surface area contributed by atoms with Gasteiger partial charge in [-0.05, 0) is 25.7 Å². The minimum Gasteiger partial charge on any atom is -0.390 e. The Morgan fingerprint density at radius 3 is 2.78 bits per heavy atom. The molecule has 108 valence electrons. The summed E-state index contributed by atoms with van der Waals surface area (Å²) in [5.41, 5.74) is 0. The third kappa shape index (κ3) is 6.98. The van der Waals surface area contributed by atoms with Crippen molar-refractivity contribution < 1.29 is 14.6 Å².